The topological polar surface area (TPSA) is 63.9 Å². The van der Waals surface area contributed by atoms with Crippen molar-refractivity contribution in [1.82, 2.24) is 20.0 Å². The second-order valence-electron chi connectivity index (χ2n) is 8.46. The van der Waals surface area contributed by atoms with Crippen LogP contribution < -0.4 is 5.32 Å². The molecule has 0 aliphatic carbocycles. The molecule has 2 aliphatic heterocycles. The molecule has 1 aromatic carbocycles. The van der Waals surface area contributed by atoms with Gasteiger partial charge in [-0.1, -0.05) is 0 Å². The fourth-order valence-electron chi connectivity index (χ4n) is 4.28. The molecule has 1 unspecified atom stereocenters. The van der Waals surface area contributed by atoms with Gasteiger partial charge >= 0.3 is 0 Å². The highest BCUT2D eigenvalue weighted by Gasteiger charge is 2.23. The Morgan fingerprint density at radius 2 is 2.00 bits per heavy atom. The van der Waals surface area contributed by atoms with Gasteiger partial charge in [-0.2, -0.15) is 5.10 Å². The minimum Gasteiger partial charge on any atom is -0.376 e. The van der Waals surface area contributed by atoms with E-state index in [2.05, 4.69) is 20.3 Å². The average Bonchev–Trinajstić information content (AvgIpc) is 3.31. The molecule has 0 spiro atoms. The summed E-state index contributed by atoms with van der Waals surface area (Å²) in [6, 6.07) is 8.33. The molecule has 4 rings (SSSR count). The van der Waals surface area contributed by atoms with Gasteiger partial charge in [0.1, 0.15) is 5.82 Å². The molecule has 1 atom stereocenters. The molecule has 2 saturated heterocycles. The Hall–Kier alpha value is -2.45. The maximum Gasteiger partial charge on any atom is 0.193 e. The first-order valence-corrected chi connectivity index (χ1v) is 11.7. The summed E-state index contributed by atoms with van der Waals surface area (Å²) in [7, 11) is 1.83. The van der Waals surface area contributed by atoms with Crippen LogP contribution in [0.15, 0.2) is 41.5 Å². The summed E-state index contributed by atoms with van der Waals surface area (Å²) in [5.74, 6) is 0.683. The van der Waals surface area contributed by atoms with Gasteiger partial charge in [-0.15, -0.1) is 0 Å². The number of nitrogens with zero attached hydrogens (tertiary/aromatic N) is 4. The SMILES string of the molecule is CN=C(NCCc1ccn(-c2ccc(F)cc2)n1)N1CCC(OCC2CCCCO2)CC1. The lowest BCUT2D eigenvalue weighted by molar-refractivity contribution is -0.0721. The van der Waals surface area contributed by atoms with E-state index < -0.39 is 0 Å². The fraction of sp³-hybridized carbons (Fsp3) is 0.583. The number of piperidine rings is 1. The highest BCUT2D eigenvalue weighted by Crippen LogP contribution is 2.18. The maximum atomic E-state index is 13.1. The fourth-order valence-corrected chi connectivity index (χ4v) is 4.28. The van der Waals surface area contributed by atoms with Crippen LogP contribution in [0.1, 0.15) is 37.8 Å². The first kappa shape index (κ1) is 22.7. The van der Waals surface area contributed by atoms with Gasteiger partial charge in [0.05, 0.1) is 30.2 Å². The monoisotopic (exact) mass is 443 g/mol. The van der Waals surface area contributed by atoms with Crippen molar-refractivity contribution in [1.29, 1.82) is 0 Å². The zero-order chi connectivity index (χ0) is 22.2. The number of benzene rings is 1. The van der Waals surface area contributed by atoms with Crippen LogP contribution in [0.5, 0.6) is 0 Å². The molecule has 2 fully saturated rings. The highest BCUT2D eigenvalue weighted by atomic mass is 19.1. The molecule has 32 heavy (non-hydrogen) atoms. The van der Waals surface area contributed by atoms with E-state index in [-0.39, 0.29) is 11.9 Å². The Bertz CT molecular complexity index is 856. The zero-order valence-corrected chi connectivity index (χ0v) is 18.9. The smallest absolute Gasteiger partial charge is 0.193 e. The molecule has 7 nitrogen and oxygen atoms in total. The van der Waals surface area contributed by atoms with Gasteiger partial charge in [-0.25, -0.2) is 9.07 Å². The van der Waals surface area contributed by atoms with Crippen LogP contribution in [0.3, 0.4) is 0 Å². The number of aliphatic imine (C=N–C) groups is 1. The molecule has 2 aliphatic rings. The standard InChI is InChI=1S/C24H34FN5O2/c1-26-24(29-14-11-22(12-15-29)32-18-23-4-2-3-17-31-23)27-13-9-20-10-16-30(28-20)21-7-5-19(25)6-8-21/h5-8,10,16,22-23H,2-4,9,11-15,17-18H2,1H3,(H,26,27). The van der Waals surface area contributed by atoms with E-state index in [1.54, 1.807) is 16.8 Å². The van der Waals surface area contributed by atoms with Gasteiger partial charge in [0.25, 0.3) is 0 Å². The van der Waals surface area contributed by atoms with E-state index in [0.29, 0.717) is 6.10 Å². The summed E-state index contributed by atoms with van der Waals surface area (Å²) in [6.45, 7) is 4.23. The minimum atomic E-state index is -0.245. The first-order chi connectivity index (χ1) is 15.7. The zero-order valence-electron chi connectivity index (χ0n) is 18.9. The number of aromatic nitrogens is 2. The Morgan fingerprint density at radius 3 is 2.72 bits per heavy atom. The van der Waals surface area contributed by atoms with Crippen LogP contribution in [-0.2, 0) is 15.9 Å². The lowest BCUT2D eigenvalue weighted by Gasteiger charge is -2.35. The molecule has 3 heterocycles. The van der Waals surface area contributed by atoms with Crippen molar-refractivity contribution >= 4 is 5.96 Å². The van der Waals surface area contributed by atoms with Crippen molar-refractivity contribution < 1.29 is 13.9 Å². The molecule has 8 heteroatoms. The van der Waals surface area contributed by atoms with Gasteiger partial charge in [-0.05, 0) is 62.4 Å². The Morgan fingerprint density at radius 1 is 1.19 bits per heavy atom. The van der Waals surface area contributed by atoms with E-state index in [1.807, 2.05) is 19.3 Å². The van der Waals surface area contributed by atoms with Crippen LogP contribution >= 0.6 is 0 Å². The van der Waals surface area contributed by atoms with Crippen molar-refractivity contribution in [2.45, 2.75) is 50.7 Å². The molecule has 0 amide bonds. The summed E-state index contributed by atoms with van der Waals surface area (Å²) in [5.41, 5.74) is 1.83. The number of likely N-dealkylation sites (tertiary alicyclic amines) is 1. The van der Waals surface area contributed by atoms with E-state index >= 15 is 0 Å². The number of hydrogen-bond donors (Lipinski definition) is 1. The largest absolute Gasteiger partial charge is 0.376 e. The highest BCUT2D eigenvalue weighted by molar-refractivity contribution is 5.79. The van der Waals surface area contributed by atoms with Gasteiger partial charge < -0.3 is 19.7 Å². The van der Waals surface area contributed by atoms with E-state index in [4.69, 9.17) is 9.47 Å². The van der Waals surface area contributed by atoms with Gasteiger partial charge in [0.15, 0.2) is 5.96 Å². The number of halogens is 1. The predicted octanol–water partition coefficient (Wildman–Crippen LogP) is 3.18. The average molecular weight is 444 g/mol. The van der Waals surface area contributed by atoms with Crippen molar-refractivity contribution in [3.8, 4) is 5.69 Å². The van der Waals surface area contributed by atoms with Crippen LogP contribution in [0, 0.1) is 5.82 Å². The lowest BCUT2D eigenvalue weighted by atomic mass is 10.1. The van der Waals surface area contributed by atoms with E-state index in [1.165, 1.54) is 25.0 Å². The van der Waals surface area contributed by atoms with Gasteiger partial charge in [-0.3, -0.25) is 4.99 Å². The lowest BCUT2D eigenvalue weighted by Crippen LogP contribution is -2.47. The van der Waals surface area contributed by atoms with Crippen molar-refractivity contribution in [3.63, 3.8) is 0 Å². The first-order valence-electron chi connectivity index (χ1n) is 11.7. The van der Waals surface area contributed by atoms with Gasteiger partial charge in [0.2, 0.25) is 0 Å². The summed E-state index contributed by atoms with van der Waals surface area (Å²) in [5, 5.41) is 8.05. The van der Waals surface area contributed by atoms with Crippen LogP contribution in [0.2, 0.25) is 0 Å². The third kappa shape index (κ3) is 6.29. The second kappa shape index (κ2) is 11.4. The number of guanidine groups is 1. The van der Waals surface area contributed by atoms with Crippen molar-refractivity contribution in [2.75, 3.05) is 39.9 Å². The molecule has 0 saturated carbocycles. The van der Waals surface area contributed by atoms with Crippen LogP contribution in [0.25, 0.3) is 5.69 Å². The van der Waals surface area contributed by atoms with E-state index in [9.17, 15) is 4.39 Å². The minimum absolute atomic E-state index is 0.245. The molecule has 1 N–H and O–H groups in total. The van der Waals surface area contributed by atoms with Crippen LogP contribution in [0.4, 0.5) is 4.39 Å². The number of nitrogens with one attached hydrogen (secondary N) is 1. The molecular weight excluding hydrogens is 409 g/mol. The Kier molecular flexibility index (Phi) is 8.12. The molecule has 174 valence electrons. The van der Waals surface area contributed by atoms with E-state index in [0.717, 1.165) is 75.9 Å². The third-order valence-electron chi connectivity index (χ3n) is 6.14. The summed E-state index contributed by atoms with van der Waals surface area (Å²) in [4.78, 5) is 6.76. The Balaban J connectivity index is 1.17. The summed E-state index contributed by atoms with van der Waals surface area (Å²) >= 11 is 0. The molecule has 2 aromatic rings. The number of hydrogen-bond acceptors (Lipinski definition) is 4. The number of ether oxygens (including phenoxy) is 2. The summed E-state index contributed by atoms with van der Waals surface area (Å²) in [6.07, 6.45) is 8.85. The van der Waals surface area contributed by atoms with Crippen LogP contribution in [-0.4, -0.2) is 72.7 Å². The molecule has 1 aromatic heterocycles. The second-order valence-corrected chi connectivity index (χ2v) is 8.46. The normalized spacial score (nSPS) is 20.5. The van der Waals surface area contributed by atoms with Gasteiger partial charge in [0, 0.05) is 45.9 Å². The molecular formula is C24H34FN5O2. The van der Waals surface area contributed by atoms with Crippen molar-refractivity contribution in [2.24, 2.45) is 4.99 Å². The maximum absolute atomic E-state index is 13.1. The quantitative estimate of drug-likeness (QED) is 0.526. The number of rotatable bonds is 7. The van der Waals surface area contributed by atoms with Crippen molar-refractivity contribution in [3.05, 3.63) is 48.0 Å². The molecule has 0 radical (unpaired) electrons. The Labute approximate surface area is 189 Å². The third-order valence-corrected chi connectivity index (χ3v) is 6.14. The molecule has 0 bridgehead atoms. The summed E-state index contributed by atoms with van der Waals surface area (Å²) < 4.78 is 26.8. The predicted molar refractivity (Wildman–Crippen MR) is 123 cm³/mol.